The van der Waals surface area contributed by atoms with Crippen LogP contribution in [-0.2, 0) is 4.79 Å². The number of thioether (sulfide) groups is 1. The third-order valence-electron chi connectivity index (χ3n) is 2.31. The zero-order valence-electron chi connectivity index (χ0n) is 10.5. The number of aliphatic carboxylic acids is 1. The monoisotopic (exact) mass is 289 g/mol. The fourth-order valence-electron chi connectivity index (χ4n) is 1.22. The van der Waals surface area contributed by atoms with E-state index in [1.54, 1.807) is 0 Å². The summed E-state index contributed by atoms with van der Waals surface area (Å²) in [5.74, 6) is -2.17. The van der Waals surface area contributed by atoms with Crippen LogP contribution < -0.4 is 4.74 Å². The molecule has 1 rings (SSSR count). The van der Waals surface area contributed by atoms with Crippen LogP contribution in [0.25, 0.3) is 0 Å². The largest absolute Gasteiger partial charge is 0.494 e. The SMILES string of the molecule is COc1cc(SC(C)(C)C(=O)O)c([N+](=O)[O-])cc1F. The van der Waals surface area contributed by atoms with Crippen LogP contribution in [0.5, 0.6) is 5.75 Å². The first-order valence-electron chi connectivity index (χ1n) is 5.13. The van der Waals surface area contributed by atoms with E-state index in [1.807, 2.05) is 0 Å². The molecule has 8 heteroatoms. The lowest BCUT2D eigenvalue weighted by atomic mass is 10.2. The lowest BCUT2D eigenvalue weighted by Gasteiger charge is -2.18. The average Bonchev–Trinajstić information content (AvgIpc) is 2.30. The Morgan fingerprint density at radius 3 is 2.53 bits per heavy atom. The maximum Gasteiger partial charge on any atom is 0.319 e. The maximum absolute atomic E-state index is 13.4. The van der Waals surface area contributed by atoms with Crippen molar-refractivity contribution in [2.24, 2.45) is 0 Å². The highest BCUT2D eigenvalue weighted by atomic mass is 32.2. The number of methoxy groups -OCH3 is 1. The Balaban J connectivity index is 3.32. The normalized spacial score (nSPS) is 11.2. The molecule has 0 aromatic heterocycles. The molecule has 1 N–H and O–H groups in total. The van der Waals surface area contributed by atoms with Gasteiger partial charge in [0, 0.05) is 6.07 Å². The summed E-state index contributed by atoms with van der Waals surface area (Å²) in [6.45, 7) is 2.80. The van der Waals surface area contributed by atoms with Crippen molar-refractivity contribution in [1.29, 1.82) is 0 Å². The quantitative estimate of drug-likeness (QED) is 0.509. The van der Waals surface area contributed by atoms with E-state index in [0.717, 1.165) is 23.9 Å². The molecule has 0 bridgehead atoms. The van der Waals surface area contributed by atoms with Gasteiger partial charge in [0.05, 0.1) is 23.0 Å². The fraction of sp³-hybridized carbons (Fsp3) is 0.364. The highest BCUT2D eigenvalue weighted by Gasteiger charge is 2.32. The van der Waals surface area contributed by atoms with Crippen LogP contribution in [-0.4, -0.2) is 27.9 Å². The molecule has 1 aromatic carbocycles. The van der Waals surface area contributed by atoms with E-state index >= 15 is 0 Å². The number of nitrogens with zero attached hydrogens (tertiary/aromatic N) is 1. The topological polar surface area (TPSA) is 89.7 Å². The third kappa shape index (κ3) is 3.34. The van der Waals surface area contributed by atoms with Gasteiger partial charge in [0.25, 0.3) is 5.69 Å². The first kappa shape index (κ1) is 15.2. The molecule has 104 valence electrons. The van der Waals surface area contributed by atoms with E-state index in [0.29, 0.717) is 0 Å². The Hall–Kier alpha value is -1.83. The van der Waals surface area contributed by atoms with Gasteiger partial charge in [-0.2, -0.15) is 0 Å². The van der Waals surface area contributed by atoms with Crippen molar-refractivity contribution in [3.8, 4) is 5.75 Å². The second kappa shape index (κ2) is 5.43. The average molecular weight is 289 g/mol. The van der Waals surface area contributed by atoms with Gasteiger partial charge in [-0.3, -0.25) is 14.9 Å². The molecule has 0 unspecified atom stereocenters. The van der Waals surface area contributed by atoms with Crippen LogP contribution in [0.1, 0.15) is 13.8 Å². The number of benzene rings is 1. The fourth-order valence-corrected chi connectivity index (χ4v) is 2.26. The number of hydrogen-bond donors (Lipinski definition) is 1. The molecule has 0 radical (unpaired) electrons. The number of hydrogen-bond acceptors (Lipinski definition) is 5. The molecule has 0 aliphatic carbocycles. The van der Waals surface area contributed by atoms with Crippen molar-refractivity contribution in [2.45, 2.75) is 23.5 Å². The number of nitro groups is 1. The van der Waals surface area contributed by atoms with Crippen molar-refractivity contribution >= 4 is 23.4 Å². The molecule has 0 aliphatic heterocycles. The third-order valence-corrected chi connectivity index (χ3v) is 3.54. The minimum atomic E-state index is -1.28. The van der Waals surface area contributed by atoms with Gasteiger partial charge in [0.2, 0.25) is 0 Å². The number of ether oxygens (including phenoxy) is 1. The smallest absolute Gasteiger partial charge is 0.319 e. The van der Waals surface area contributed by atoms with E-state index in [9.17, 15) is 19.3 Å². The van der Waals surface area contributed by atoms with Crippen molar-refractivity contribution in [1.82, 2.24) is 0 Å². The molecule has 0 aliphatic rings. The molecule has 0 saturated heterocycles. The van der Waals surface area contributed by atoms with Gasteiger partial charge in [-0.15, -0.1) is 11.8 Å². The van der Waals surface area contributed by atoms with Gasteiger partial charge in [0.1, 0.15) is 4.75 Å². The van der Waals surface area contributed by atoms with Gasteiger partial charge in [0.15, 0.2) is 11.6 Å². The molecular formula is C11H12FNO5S. The summed E-state index contributed by atoms with van der Waals surface area (Å²) < 4.78 is 16.9. The van der Waals surface area contributed by atoms with E-state index < -0.39 is 27.1 Å². The summed E-state index contributed by atoms with van der Waals surface area (Å²) >= 11 is 0.759. The van der Waals surface area contributed by atoms with Crippen LogP contribution in [0.2, 0.25) is 0 Å². The zero-order chi connectivity index (χ0) is 14.8. The summed E-state index contributed by atoms with van der Waals surface area (Å²) in [6, 6.07) is 1.85. The van der Waals surface area contributed by atoms with Gasteiger partial charge in [-0.05, 0) is 13.8 Å². The lowest BCUT2D eigenvalue weighted by molar-refractivity contribution is -0.388. The van der Waals surface area contributed by atoms with Crippen molar-refractivity contribution < 1.29 is 24.0 Å². The molecule has 6 nitrogen and oxygen atoms in total. The van der Waals surface area contributed by atoms with Crippen LogP contribution >= 0.6 is 11.8 Å². The van der Waals surface area contributed by atoms with Crippen molar-refractivity contribution in [3.05, 3.63) is 28.1 Å². The van der Waals surface area contributed by atoms with Crippen LogP contribution in [0.3, 0.4) is 0 Å². The molecule has 19 heavy (non-hydrogen) atoms. The summed E-state index contributed by atoms with van der Waals surface area (Å²) in [7, 11) is 1.22. The van der Waals surface area contributed by atoms with E-state index in [1.165, 1.54) is 21.0 Å². The highest BCUT2D eigenvalue weighted by Crippen LogP contribution is 2.41. The van der Waals surface area contributed by atoms with Crippen molar-refractivity contribution in [2.75, 3.05) is 7.11 Å². The number of rotatable bonds is 5. The van der Waals surface area contributed by atoms with Gasteiger partial charge in [-0.25, -0.2) is 4.39 Å². The Morgan fingerprint density at radius 2 is 2.11 bits per heavy atom. The molecule has 0 heterocycles. The van der Waals surface area contributed by atoms with Crippen LogP contribution in [0.4, 0.5) is 10.1 Å². The zero-order valence-corrected chi connectivity index (χ0v) is 11.3. The molecule has 0 amide bonds. The molecular weight excluding hydrogens is 277 g/mol. The van der Waals surface area contributed by atoms with Crippen molar-refractivity contribution in [3.63, 3.8) is 0 Å². The highest BCUT2D eigenvalue weighted by molar-refractivity contribution is 8.01. The Bertz CT molecular complexity index is 532. The number of halogens is 1. The summed E-state index contributed by atoms with van der Waals surface area (Å²) in [6.07, 6.45) is 0. The molecule has 0 fully saturated rings. The first-order valence-corrected chi connectivity index (χ1v) is 5.95. The Morgan fingerprint density at radius 1 is 1.53 bits per heavy atom. The van der Waals surface area contributed by atoms with Gasteiger partial charge in [-0.1, -0.05) is 0 Å². The maximum atomic E-state index is 13.4. The molecule has 1 aromatic rings. The minimum absolute atomic E-state index is 0.0376. The summed E-state index contributed by atoms with van der Waals surface area (Å²) in [4.78, 5) is 21.2. The van der Waals surface area contributed by atoms with E-state index in [2.05, 4.69) is 0 Å². The number of carboxylic acid groups (broad SMARTS) is 1. The minimum Gasteiger partial charge on any atom is -0.494 e. The number of nitro benzene ring substituents is 1. The lowest BCUT2D eigenvalue weighted by Crippen LogP contribution is -2.27. The molecule has 0 atom stereocenters. The molecule has 0 spiro atoms. The first-order chi connectivity index (χ1) is 8.69. The van der Waals surface area contributed by atoms with E-state index in [-0.39, 0.29) is 10.6 Å². The second-order valence-corrected chi connectivity index (χ2v) is 5.79. The predicted octanol–water partition coefficient (Wildman–Crippen LogP) is 2.70. The summed E-state index contributed by atoms with van der Waals surface area (Å²) in [5, 5.41) is 19.9. The Kier molecular flexibility index (Phi) is 4.35. The van der Waals surface area contributed by atoms with Gasteiger partial charge >= 0.3 is 5.97 Å². The van der Waals surface area contributed by atoms with Gasteiger partial charge < -0.3 is 9.84 Å². The van der Waals surface area contributed by atoms with E-state index in [4.69, 9.17) is 9.84 Å². The Labute approximate surface area is 112 Å². The summed E-state index contributed by atoms with van der Waals surface area (Å²) in [5.41, 5.74) is -0.488. The standard InChI is InChI=1S/C11H12FNO5S/c1-11(2,10(14)15)19-9-5-8(18-3)6(12)4-7(9)13(16)17/h4-5H,1-3H3,(H,14,15). The second-order valence-electron chi connectivity index (χ2n) is 4.13. The van der Waals surface area contributed by atoms with Crippen LogP contribution in [0.15, 0.2) is 17.0 Å². The molecule has 0 saturated carbocycles. The number of carboxylic acids is 1. The predicted molar refractivity (Wildman–Crippen MR) is 67.2 cm³/mol. The van der Waals surface area contributed by atoms with Crippen LogP contribution in [0, 0.1) is 15.9 Å². The number of carbonyl (C=O) groups is 1.